The van der Waals surface area contributed by atoms with Crippen LogP contribution >= 0.6 is 0 Å². The molecule has 22 heavy (non-hydrogen) atoms. The average Bonchev–Trinajstić information content (AvgIpc) is 2.44. The van der Waals surface area contributed by atoms with Crippen molar-refractivity contribution >= 4 is 6.09 Å². The van der Waals surface area contributed by atoms with Gasteiger partial charge in [-0.3, -0.25) is 4.90 Å². The molecule has 1 amide bonds. The third-order valence-electron chi connectivity index (χ3n) is 4.78. The molecule has 0 unspecified atom stereocenters. The molecule has 0 atom stereocenters. The lowest BCUT2D eigenvalue weighted by Crippen LogP contribution is -2.62. The highest BCUT2D eigenvalue weighted by Crippen LogP contribution is 2.24. The largest absolute Gasteiger partial charge is 0.447 e. The summed E-state index contributed by atoms with van der Waals surface area (Å²) in [6.07, 6.45) is 1.63. The Balaban J connectivity index is 1.97. The summed E-state index contributed by atoms with van der Waals surface area (Å²) in [5, 5.41) is 3.20. The minimum absolute atomic E-state index is 0.0769. The van der Waals surface area contributed by atoms with E-state index in [1.54, 1.807) is 0 Å². The summed E-state index contributed by atoms with van der Waals surface area (Å²) < 4.78 is 5.32. The Morgan fingerprint density at radius 3 is 2.14 bits per heavy atom. The lowest BCUT2D eigenvalue weighted by Gasteiger charge is -2.45. The predicted octanol–water partition coefficient (Wildman–Crippen LogP) is 0.833. The van der Waals surface area contributed by atoms with Crippen molar-refractivity contribution in [1.82, 2.24) is 20.0 Å². The molecule has 2 rings (SSSR count). The standard InChI is InChI=1S/C16H32N4O2/c1-14(2)22-15(21)17-16(5-7-18(3)8-6-16)13-20-11-9-19(4)10-12-20/h14H,5-13H2,1-4H3,(H,17,21). The summed E-state index contributed by atoms with van der Waals surface area (Å²) in [6.45, 7) is 11.1. The molecular formula is C16H32N4O2. The predicted molar refractivity (Wildman–Crippen MR) is 88.2 cm³/mol. The number of carbonyl (C=O) groups is 1. The fraction of sp³-hybridized carbons (Fsp3) is 0.938. The number of piperidine rings is 1. The first-order chi connectivity index (χ1) is 10.4. The Morgan fingerprint density at radius 1 is 1.05 bits per heavy atom. The summed E-state index contributed by atoms with van der Waals surface area (Å²) in [7, 11) is 4.31. The molecule has 0 radical (unpaired) electrons. The van der Waals surface area contributed by atoms with Crippen LogP contribution in [0.3, 0.4) is 0 Å². The molecule has 128 valence electrons. The van der Waals surface area contributed by atoms with Gasteiger partial charge in [-0.05, 0) is 40.8 Å². The third kappa shape index (κ3) is 5.11. The number of likely N-dealkylation sites (tertiary alicyclic amines) is 1. The van der Waals surface area contributed by atoms with E-state index in [1.807, 2.05) is 13.8 Å². The van der Waals surface area contributed by atoms with Crippen LogP contribution in [0.25, 0.3) is 0 Å². The molecule has 0 aromatic rings. The summed E-state index contributed by atoms with van der Waals surface area (Å²) >= 11 is 0. The number of carbonyl (C=O) groups excluding carboxylic acids is 1. The van der Waals surface area contributed by atoms with Crippen LogP contribution in [0.4, 0.5) is 4.79 Å². The highest BCUT2D eigenvalue weighted by Gasteiger charge is 2.37. The van der Waals surface area contributed by atoms with Gasteiger partial charge in [0.2, 0.25) is 0 Å². The maximum absolute atomic E-state index is 12.1. The van der Waals surface area contributed by atoms with Crippen molar-refractivity contribution in [3.05, 3.63) is 0 Å². The Bertz CT molecular complexity index is 359. The number of likely N-dealkylation sites (N-methyl/N-ethyl adjacent to an activating group) is 1. The van der Waals surface area contributed by atoms with Crippen LogP contribution in [0, 0.1) is 0 Å². The monoisotopic (exact) mass is 312 g/mol. The van der Waals surface area contributed by atoms with E-state index in [4.69, 9.17) is 4.74 Å². The van der Waals surface area contributed by atoms with E-state index in [-0.39, 0.29) is 17.7 Å². The van der Waals surface area contributed by atoms with Gasteiger partial charge < -0.3 is 19.9 Å². The van der Waals surface area contributed by atoms with Crippen molar-refractivity contribution in [2.24, 2.45) is 0 Å². The summed E-state index contributed by atoms with van der Waals surface area (Å²) in [5.41, 5.74) is -0.144. The van der Waals surface area contributed by atoms with Crippen LogP contribution in [0.5, 0.6) is 0 Å². The van der Waals surface area contributed by atoms with Gasteiger partial charge in [-0.1, -0.05) is 0 Å². The Labute approximate surface area is 134 Å². The van der Waals surface area contributed by atoms with Crippen LogP contribution in [-0.4, -0.2) is 92.3 Å². The molecule has 1 N–H and O–H groups in total. The van der Waals surface area contributed by atoms with Crippen molar-refractivity contribution in [3.8, 4) is 0 Å². The second kappa shape index (κ2) is 7.62. The molecule has 0 bridgehead atoms. The number of rotatable bonds is 4. The maximum atomic E-state index is 12.1. The number of ether oxygens (including phenoxy) is 1. The van der Waals surface area contributed by atoms with E-state index in [9.17, 15) is 4.79 Å². The van der Waals surface area contributed by atoms with E-state index in [0.717, 1.165) is 58.7 Å². The first kappa shape index (κ1) is 17.5. The van der Waals surface area contributed by atoms with E-state index in [0.29, 0.717) is 0 Å². The van der Waals surface area contributed by atoms with Crippen LogP contribution in [0.1, 0.15) is 26.7 Å². The van der Waals surface area contributed by atoms with Gasteiger partial charge in [0.05, 0.1) is 11.6 Å². The minimum Gasteiger partial charge on any atom is -0.447 e. The first-order valence-corrected chi connectivity index (χ1v) is 8.47. The zero-order valence-electron chi connectivity index (χ0n) is 14.6. The molecule has 2 aliphatic heterocycles. The van der Waals surface area contributed by atoms with Crippen molar-refractivity contribution in [1.29, 1.82) is 0 Å². The maximum Gasteiger partial charge on any atom is 0.407 e. The smallest absolute Gasteiger partial charge is 0.407 e. The first-order valence-electron chi connectivity index (χ1n) is 8.47. The molecule has 0 spiro atoms. The number of piperazine rings is 1. The highest BCUT2D eigenvalue weighted by molar-refractivity contribution is 5.68. The summed E-state index contributed by atoms with van der Waals surface area (Å²) in [5.74, 6) is 0. The van der Waals surface area contributed by atoms with Gasteiger partial charge >= 0.3 is 6.09 Å². The lowest BCUT2D eigenvalue weighted by molar-refractivity contribution is 0.0599. The van der Waals surface area contributed by atoms with Gasteiger partial charge in [-0.25, -0.2) is 4.79 Å². The molecule has 2 fully saturated rings. The van der Waals surface area contributed by atoms with Gasteiger partial charge in [0.1, 0.15) is 0 Å². The van der Waals surface area contributed by atoms with Crippen LogP contribution < -0.4 is 5.32 Å². The number of alkyl carbamates (subject to hydrolysis) is 1. The molecular weight excluding hydrogens is 280 g/mol. The topological polar surface area (TPSA) is 48.1 Å². The van der Waals surface area contributed by atoms with Crippen molar-refractivity contribution in [3.63, 3.8) is 0 Å². The number of amides is 1. The fourth-order valence-electron chi connectivity index (χ4n) is 3.26. The zero-order valence-corrected chi connectivity index (χ0v) is 14.6. The third-order valence-corrected chi connectivity index (χ3v) is 4.78. The molecule has 0 saturated carbocycles. The molecule has 0 aromatic heterocycles. The van der Waals surface area contributed by atoms with E-state index in [1.165, 1.54) is 0 Å². The van der Waals surface area contributed by atoms with E-state index >= 15 is 0 Å². The lowest BCUT2D eigenvalue weighted by atomic mass is 9.87. The molecule has 0 aliphatic carbocycles. The summed E-state index contributed by atoms with van der Waals surface area (Å²) in [4.78, 5) is 19.3. The molecule has 0 aromatic carbocycles. The van der Waals surface area contributed by atoms with Gasteiger partial charge in [0.25, 0.3) is 0 Å². The number of nitrogens with zero attached hydrogens (tertiary/aromatic N) is 3. The molecule has 2 aliphatic rings. The van der Waals surface area contributed by atoms with Crippen LogP contribution in [-0.2, 0) is 4.74 Å². The fourth-order valence-corrected chi connectivity index (χ4v) is 3.26. The van der Waals surface area contributed by atoms with Crippen LogP contribution in [0.15, 0.2) is 0 Å². The van der Waals surface area contributed by atoms with Gasteiger partial charge in [0.15, 0.2) is 0 Å². The van der Waals surface area contributed by atoms with E-state index < -0.39 is 0 Å². The number of hydrogen-bond donors (Lipinski definition) is 1. The molecule has 2 saturated heterocycles. The normalized spacial score (nSPS) is 24.4. The number of nitrogens with one attached hydrogen (secondary N) is 1. The Hall–Kier alpha value is -0.850. The van der Waals surface area contributed by atoms with Gasteiger partial charge in [0, 0.05) is 45.8 Å². The summed E-state index contributed by atoms with van der Waals surface area (Å²) in [6, 6.07) is 0. The molecule has 2 heterocycles. The van der Waals surface area contributed by atoms with Gasteiger partial charge in [-0.15, -0.1) is 0 Å². The van der Waals surface area contributed by atoms with Crippen molar-refractivity contribution in [2.75, 3.05) is 59.9 Å². The highest BCUT2D eigenvalue weighted by atomic mass is 16.6. The Morgan fingerprint density at radius 2 is 1.59 bits per heavy atom. The second-order valence-electron chi connectivity index (χ2n) is 7.24. The quantitative estimate of drug-likeness (QED) is 0.833. The zero-order chi connectivity index (χ0) is 16.2. The minimum atomic E-state index is -0.270. The average molecular weight is 312 g/mol. The van der Waals surface area contributed by atoms with Gasteiger partial charge in [-0.2, -0.15) is 0 Å². The molecule has 6 heteroatoms. The molecule has 6 nitrogen and oxygen atoms in total. The van der Waals surface area contributed by atoms with Crippen LogP contribution in [0.2, 0.25) is 0 Å². The SMILES string of the molecule is CC(C)OC(=O)NC1(CN2CCN(C)CC2)CCN(C)CC1. The van der Waals surface area contributed by atoms with Crippen molar-refractivity contribution < 1.29 is 9.53 Å². The number of hydrogen-bond acceptors (Lipinski definition) is 5. The Kier molecular flexibility index (Phi) is 6.06. The van der Waals surface area contributed by atoms with Crippen molar-refractivity contribution in [2.45, 2.75) is 38.3 Å². The second-order valence-corrected chi connectivity index (χ2v) is 7.24. The van der Waals surface area contributed by atoms with E-state index in [2.05, 4.69) is 34.1 Å².